The summed E-state index contributed by atoms with van der Waals surface area (Å²) in [5.41, 5.74) is 0.116. The summed E-state index contributed by atoms with van der Waals surface area (Å²) in [7, 11) is 0. The monoisotopic (exact) mass is 356 g/mol. The molecule has 0 saturated carbocycles. The first-order valence-electron chi connectivity index (χ1n) is 5.68. The van der Waals surface area contributed by atoms with Crippen LogP contribution < -0.4 is 4.74 Å². The van der Waals surface area contributed by atoms with Gasteiger partial charge in [-0.1, -0.05) is 6.07 Å². The number of aromatic nitrogens is 3. The Bertz CT molecular complexity index is 687. The summed E-state index contributed by atoms with van der Waals surface area (Å²) in [5, 5.41) is 23.1. The van der Waals surface area contributed by atoms with E-state index in [1.807, 2.05) is 0 Å². The summed E-state index contributed by atoms with van der Waals surface area (Å²) in [6.07, 6.45) is 0. The van der Waals surface area contributed by atoms with Crippen LogP contribution in [-0.4, -0.2) is 37.4 Å². The standard InChI is InChI=1S/C11H9BrN4O5/c12-10-13-11(16(19)20)14-15(10)4-5-21-8-3-1-2-7(6-8)9(17)18/h1-3,6H,4-5H2,(H,17,18). The van der Waals surface area contributed by atoms with Crippen LogP contribution in [0.3, 0.4) is 0 Å². The highest BCUT2D eigenvalue weighted by Gasteiger charge is 2.19. The summed E-state index contributed by atoms with van der Waals surface area (Å²) >= 11 is 3.05. The van der Waals surface area contributed by atoms with Crippen molar-refractivity contribution in [2.45, 2.75) is 6.54 Å². The Morgan fingerprint density at radius 2 is 2.29 bits per heavy atom. The minimum atomic E-state index is -1.05. The number of halogens is 1. The van der Waals surface area contributed by atoms with Crippen LogP contribution in [0, 0.1) is 10.1 Å². The van der Waals surface area contributed by atoms with Crippen LogP contribution in [0.25, 0.3) is 0 Å². The van der Waals surface area contributed by atoms with Gasteiger partial charge in [0.05, 0.1) is 12.1 Å². The van der Waals surface area contributed by atoms with E-state index in [2.05, 4.69) is 26.0 Å². The van der Waals surface area contributed by atoms with Gasteiger partial charge in [-0.3, -0.25) is 0 Å². The molecule has 2 rings (SSSR count). The molecule has 0 atom stereocenters. The maximum Gasteiger partial charge on any atom is 0.492 e. The van der Waals surface area contributed by atoms with E-state index >= 15 is 0 Å². The number of carboxylic acid groups (broad SMARTS) is 1. The number of aromatic carboxylic acids is 1. The molecule has 0 spiro atoms. The van der Waals surface area contributed by atoms with Crippen LogP contribution in [0.4, 0.5) is 5.95 Å². The van der Waals surface area contributed by atoms with Gasteiger partial charge in [-0.2, -0.15) is 4.68 Å². The van der Waals surface area contributed by atoms with Crippen molar-refractivity contribution in [3.8, 4) is 5.75 Å². The second-order valence-corrected chi connectivity index (χ2v) is 4.55. The molecule has 1 aromatic carbocycles. The molecule has 0 aliphatic heterocycles. The molecule has 1 heterocycles. The summed E-state index contributed by atoms with van der Waals surface area (Å²) in [4.78, 5) is 24.2. The molecular formula is C11H9BrN4O5. The van der Waals surface area contributed by atoms with Gasteiger partial charge < -0.3 is 20.0 Å². The first-order chi connectivity index (χ1) is 9.97. The van der Waals surface area contributed by atoms with Crippen LogP contribution in [-0.2, 0) is 6.54 Å². The summed E-state index contributed by atoms with van der Waals surface area (Å²) < 4.78 is 6.88. The fourth-order valence-electron chi connectivity index (χ4n) is 1.50. The lowest BCUT2D eigenvalue weighted by Gasteiger charge is -2.05. The number of ether oxygens (including phenoxy) is 1. The van der Waals surface area contributed by atoms with Gasteiger partial charge in [0.15, 0.2) is 0 Å². The lowest BCUT2D eigenvalue weighted by Crippen LogP contribution is -2.10. The van der Waals surface area contributed by atoms with E-state index in [-0.39, 0.29) is 23.4 Å². The van der Waals surface area contributed by atoms with Gasteiger partial charge in [-0.25, -0.2) is 4.79 Å². The quantitative estimate of drug-likeness (QED) is 0.617. The summed E-state index contributed by atoms with van der Waals surface area (Å²) in [6, 6.07) is 6.02. The third-order valence-corrected chi connectivity index (χ3v) is 3.02. The van der Waals surface area contributed by atoms with Crippen molar-refractivity contribution in [1.82, 2.24) is 14.8 Å². The molecule has 0 aliphatic carbocycles. The molecule has 10 heteroatoms. The van der Waals surface area contributed by atoms with Crippen LogP contribution in [0.15, 0.2) is 29.0 Å². The molecule has 0 saturated heterocycles. The largest absolute Gasteiger partial charge is 0.492 e. The minimum absolute atomic E-state index is 0.116. The van der Waals surface area contributed by atoms with Crippen LogP contribution in [0.2, 0.25) is 0 Å². The van der Waals surface area contributed by atoms with Gasteiger partial charge in [0.25, 0.3) is 4.73 Å². The van der Waals surface area contributed by atoms with E-state index in [9.17, 15) is 14.9 Å². The highest BCUT2D eigenvalue weighted by molar-refractivity contribution is 9.10. The first kappa shape index (κ1) is 14.9. The van der Waals surface area contributed by atoms with Crippen LogP contribution >= 0.6 is 15.9 Å². The maximum absolute atomic E-state index is 10.8. The van der Waals surface area contributed by atoms with Crippen molar-refractivity contribution in [1.29, 1.82) is 0 Å². The molecule has 0 aliphatic rings. The van der Waals surface area contributed by atoms with Crippen LogP contribution in [0.1, 0.15) is 10.4 Å². The number of carboxylic acids is 1. The highest BCUT2D eigenvalue weighted by Crippen LogP contribution is 2.15. The topological polar surface area (TPSA) is 120 Å². The fourth-order valence-corrected chi connectivity index (χ4v) is 1.92. The second-order valence-electron chi connectivity index (χ2n) is 3.84. The molecule has 0 bridgehead atoms. The van der Waals surface area contributed by atoms with E-state index < -0.39 is 16.8 Å². The number of nitrogens with zero attached hydrogens (tertiary/aromatic N) is 4. The molecule has 9 nitrogen and oxygen atoms in total. The number of nitro groups is 1. The second kappa shape index (κ2) is 6.31. The Kier molecular flexibility index (Phi) is 4.48. The molecule has 1 aromatic heterocycles. The molecular weight excluding hydrogens is 348 g/mol. The van der Waals surface area contributed by atoms with Gasteiger partial charge in [0, 0.05) is 21.0 Å². The zero-order valence-corrected chi connectivity index (χ0v) is 12.1. The SMILES string of the molecule is O=C(O)c1cccc(OCCn2nc([N+](=O)[O-])nc2Br)c1. The lowest BCUT2D eigenvalue weighted by molar-refractivity contribution is -0.394. The summed E-state index contributed by atoms with van der Waals surface area (Å²) in [6.45, 7) is 0.376. The van der Waals surface area contributed by atoms with Crippen molar-refractivity contribution in [3.63, 3.8) is 0 Å². The van der Waals surface area contributed by atoms with Crippen molar-refractivity contribution < 1.29 is 19.6 Å². The molecule has 0 radical (unpaired) electrons. The third-order valence-electron chi connectivity index (χ3n) is 2.43. The number of hydrogen-bond acceptors (Lipinski definition) is 6. The first-order valence-corrected chi connectivity index (χ1v) is 6.47. The van der Waals surface area contributed by atoms with Gasteiger partial charge in [0.2, 0.25) is 0 Å². The minimum Gasteiger partial charge on any atom is -0.492 e. The van der Waals surface area contributed by atoms with Crippen molar-refractivity contribution in [3.05, 3.63) is 44.7 Å². The van der Waals surface area contributed by atoms with E-state index in [0.717, 1.165) is 0 Å². The predicted molar refractivity (Wildman–Crippen MR) is 73.3 cm³/mol. The fraction of sp³-hybridized carbons (Fsp3) is 0.182. The van der Waals surface area contributed by atoms with E-state index in [1.54, 1.807) is 12.1 Å². The normalized spacial score (nSPS) is 10.3. The Morgan fingerprint density at radius 3 is 2.90 bits per heavy atom. The number of benzene rings is 1. The molecule has 110 valence electrons. The number of rotatable bonds is 6. The maximum atomic E-state index is 10.8. The van der Waals surface area contributed by atoms with Crippen molar-refractivity contribution in [2.75, 3.05) is 6.61 Å². The number of hydrogen-bond donors (Lipinski definition) is 1. The van der Waals surface area contributed by atoms with Gasteiger partial charge in [0.1, 0.15) is 12.4 Å². The molecule has 2 aromatic rings. The predicted octanol–water partition coefficient (Wildman–Crippen LogP) is 1.73. The lowest BCUT2D eigenvalue weighted by atomic mass is 10.2. The Labute approximate surface area is 126 Å². The molecule has 0 fully saturated rings. The molecule has 0 amide bonds. The van der Waals surface area contributed by atoms with Gasteiger partial charge in [-0.05, 0) is 28.1 Å². The van der Waals surface area contributed by atoms with Crippen molar-refractivity contribution in [2.24, 2.45) is 0 Å². The zero-order chi connectivity index (χ0) is 15.4. The summed E-state index contributed by atoms with van der Waals surface area (Å²) in [5.74, 6) is -1.16. The average Bonchev–Trinajstić information content (AvgIpc) is 2.81. The van der Waals surface area contributed by atoms with Crippen molar-refractivity contribution >= 4 is 27.8 Å². The zero-order valence-electron chi connectivity index (χ0n) is 10.5. The highest BCUT2D eigenvalue weighted by atomic mass is 79.9. The number of carbonyl (C=O) groups is 1. The van der Waals surface area contributed by atoms with Crippen LogP contribution in [0.5, 0.6) is 5.75 Å². The Balaban J connectivity index is 1.97. The molecule has 0 unspecified atom stereocenters. The van der Waals surface area contributed by atoms with E-state index in [1.165, 1.54) is 16.8 Å². The Morgan fingerprint density at radius 1 is 1.52 bits per heavy atom. The smallest absolute Gasteiger partial charge is 0.492 e. The van der Waals surface area contributed by atoms with Gasteiger partial charge in [-0.15, -0.1) is 0 Å². The van der Waals surface area contributed by atoms with Gasteiger partial charge >= 0.3 is 11.9 Å². The van der Waals surface area contributed by atoms with E-state index in [4.69, 9.17) is 9.84 Å². The third kappa shape index (κ3) is 3.75. The molecule has 1 N–H and O–H groups in total. The average molecular weight is 357 g/mol. The Hall–Kier alpha value is -2.49. The van der Waals surface area contributed by atoms with E-state index in [0.29, 0.717) is 5.75 Å². The molecule has 21 heavy (non-hydrogen) atoms.